The molecule has 156 valence electrons. The summed E-state index contributed by atoms with van der Waals surface area (Å²) in [4.78, 5) is 22.1. The SMILES string of the molecule is CN1CCC(Cc2nc(NCc3cccc4ccccc34)nc(N)c2[N+](=O)[O-])CC1. The van der Waals surface area contributed by atoms with Crippen molar-refractivity contribution in [2.75, 3.05) is 31.2 Å². The Balaban J connectivity index is 1.57. The molecule has 2 heterocycles. The molecule has 2 aromatic carbocycles. The van der Waals surface area contributed by atoms with Crippen molar-refractivity contribution in [3.63, 3.8) is 0 Å². The summed E-state index contributed by atoms with van der Waals surface area (Å²) in [5.74, 6) is 0.604. The zero-order valence-corrected chi connectivity index (χ0v) is 17.0. The molecule has 1 fully saturated rings. The van der Waals surface area contributed by atoms with Crippen LogP contribution in [0.1, 0.15) is 24.1 Å². The molecule has 0 unspecified atom stereocenters. The van der Waals surface area contributed by atoms with Crippen LogP contribution in [-0.2, 0) is 13.0 Å². The summed E-state index contributed by atoms with van der Waals surface area (Å²) in [5, 5.41) is 17.1. The lowest BCUT2D eigenvalue weighted by Gasteiger charge is -2.28. The lowest BCUT2D eigenvalue weighted by atomic mass is 9.92. The number of rotatable bonds is 6. The summed E-state index contributed by atoms with van der Waals surface area (Å²) in [5.41, 5.74) is 7.33. The number of hydrogen-bond donors (Lipinski definition) is 2. The van der Waals surface area contributed by atoms with E-state index in [1.807, 2.05) is 24.3 Å². The second-order valence-corrected chi connectivity index (χ2v) is 7.93. The molecule has 4 rings (SSSR count). The standard InChI is InChI=1S/C22H26N6O2/c1-27-11-9-15(10-12-27)13-19-20(28(29)30)21(23)26-22(25-19)24-14-17-7-4-6-16-5-2-3-8-18(16)17/h2-8,15H,9-14H2,1H3,(H3,23,24,25,26). The maximum absolute atomic E-state index is 11.6. The van der Waals surface area contributed by atoms with Gasteiger partial charge in [-0.1, -0.05) is 42.5 Å². The normalized spacial score (nSPS) is 15.4. The van der Waals surface area contributed by atoms with E-state index in [0.717, 1.165) is 42.3 Å². The maximum atomic E-state index is 11.6. The van der Waals surface area contributed by atoms with Crippen LogP contribution in [0.25, 0.3) is 10.8 Å². The molecule has 0 saturated carbocycles. The van der Waals surface area contributed by atoms with E-state index in [1.54, 1.807) is 0 Å². The van der Waals surface area contributed by atoms with Crippen molar-refractivity contribution < 1.29 is 4.92 Å². The monoisotopic (exact) mass is 406 g/mol. The van der Waals surface area contributed by atoms with Gasteiger partial charge < -0.3 is 16.0 Å². The minimum atomic E-state index is -0.464. The highest BCUT2D eigenvalue weighted by Gasteiger charge is 2.27. The highest BCUT2D eigenvalue weighted by Crippen LogP contribution is 2.30. The van der Waals surface area contributed by atoms with Gasteiger partial charge in [0.1, 0.15) is 5.69 Å². The molecule has 30 heavy (non-hydrogen) atoms. The predicted molar refractivity (Wildman–Crippen MR) is 118 cm³/mol. The van der Waals surface area contributed by atoms with Gasteiger partial charge in [0.05, 0.1) is 4.92 Å². The summed E-state index contributed by atoms with van der Waals surface area (Å²) < 4.78 is 0. The maximum Gasteiger partial charge on any atom is 0.332 e. The number of nitrogens with one attached hydrogen (secondary N) is 1. The van der Waals surface area contributed by atoms with Crippen LogP contribution in [0.3, 0.4) is 0 Å². The van der Waals surface area contributed by atoms with Crippen molar-refractivity contribution in [1.29, 1.82) is 0 Å². The Morgan fingerprint density at radius 1 is 1.17 bits per heavy atom. The first-order valence-corrected chi connectivity index (χ1v) is 10.2. The quantitative estimate of drug-likeness (QED) is 0.475. The molecule has 1 aliphatic rings. The number of likely N-dealkylation sites (tertiary alicyclic amines) is 1. The predicted octanol–water partition coefficient (Wildman–Crippen LogP) is 3.62. The Morgan fingerprint density at radius 2 is 1.90 bits per heavy atom. The van der Waals surface area contributed by atoms with Gasteiger partial charge in [-0.3, -0.25) is 10.1 Å². The van der Waals surface area contributed by atoms with E-state index in [4.69, 9.17) is 5.73 Å². The van der Waals surface area contributed by atoms with Gasteiger partial charge >= 0.3 is 5.69 Å². The molecule has 3 N–H and O–H groups in total. The second kappa shape index (κ2) is 8.62. The first-order valence-electron chi connectivity index (χ1n) is 10.2. The lowest BCUT2D eigenvalue weighted by Crippen LogP contribution is -2.31. The molecule has 0 amide bonds. The summed E-state index contributed by atoms with van der Waals surface area (Å²) >= 11 is 0. The number of nitrogens with zero attached hydrogens (tertiary/aromatic N) is 4. The van der Waals surface area contributed by atoms with Gasteiger partial charge in [0.2, 0.25) is 11.8 Å². The number of nitrogen functional groups attached to an aromatic ring is 1. The Hall–Kier alpha value is -3.26. The van der Waals surface area contributed by atoms with E-state index in [-0.39, 0.29) is 11.5 Å². The molecule has 1 aliphatic heterocycles. The largest absolute Gasteiger partial charge is 0.378 e. The Bertz CT molecular complexity index is 1060. The van der Waals surface area contributed by atoms with Crippen molar-refractivity contribution >= 4 is 28.2 Å². The Morgan fingerprint density at radius 3 is 2.67 bits per heavy atom. The third kappa shape index (κ3) is 4.33. The molecular formula is C22H26N6O2. The number of hydrogen-bond acceptors (Lipinski definition) is 7. The molecule has 0 atom stereocenters. The van der Waals surface area contributed by atoms with Crippen LogP contribution in [0.5, 0.6) is 0 Å². The smallest absolute Gasteiger partial charge is 0.332 e. The highest BCUT2D eigenvalue weighted by atomic mass is 16.6. The van der Waals surface area contributed by atoms with E-state index in [9.17, 15) is 10.1 Å². The molecular weight excluding hydrogens is 380 g/mol. The van der Waals surface area contributed by atoms with E-state index in [1.165, 1.54) is 0 Å². The van der Waals surface area contributed by atoms with Crippen LogP contribution < -0.4 is 11.1 Å². The minimum Gasteiger partial charge on any atom is -0.378 e. The second-order valence-electron chi connectivity index (χ2n) is 7.93. The van der Waals surface area contributed by atoms with Crippen LogP contribution >= 0.6 is 0 Å². The molecule has 1 saturated heterocycles. The van der Waals surface area contributed by atoms with E-state index in [0.29, 0.717) is 30.5 Å². The fraction of sp³-hybridized carbons (Fsp3) is 0.364. The summed E-state index contributed by atoms with van der Waals surface area (Å²) in [6.07, 6.45) is 2.53. The van der Waals surface area contributed by atoms with Crippen LogP contribution in [-0.4, -0.2) is 39.9 Å². The van der Waals surface area contributed by atoms with E-state index >= 15 is 0 Å². The van der Waals surface area contributed by atoms with Gasteiger partial charge in [0.15, 0.2) is 0 Å². The summed E-state index contributed by atoms with van der Waals surface area (Å²) in [6.45, 7) is 2.49. The fourth-order valence-electron chi connectivity index (χ4n) is 4.10. The van der Waals surface area contributed by atoms with Crippen molar-refractivity contribution in [2.45, 2.75) is 25.8 Å². The van der Waals surface area contributed by atoms with Gasteiger partial charge in [-0.05, 0) is 61.7 Å². The minimum absolute atomic E-state index is 0.0849. The van der Waals surface area contributed by atoms with Gasteiger partial charge in [-0.2, -0.15) is 4.98 Å². The van der Waals surface area contributed by atoms with E-state index in [2.05, 4.69) is 45.4 Å². The fourth-order valence-corrected chi connectivity index (χ4v) is 4.10. The first kappa shape index (κ1) is 20.0. The molecule has 8 heteroatoms. The third-order valence-electron chi connectivity index (χ3n) is 5.80. The highest BCUT2D eigenvalue weighted by molar-refractivity contribution is 5.85. The molecule has 0 radical (unpaired) electrons. The zero-order valence-electron chi connectivity index (χ0n) is 17.0. The average Bonchev–Trinajstić information content (AvgIpc) is 2.73. The van der Waals surface area contributed by atoms with Gasteiger partial charge in [-0.15, -0.1) is 0 Å². The van der Waals surface area contributed by atoms with Gasteiger partial charge in [0.25, 0.3) is 0 Å². The zero-order chi connectivity index (χ0) is 21.1. The Labute approximate surface area is 175 Å². The number of fused-ring (bicyclic) bond motifs is 1. The summed E-state index contributed by atoms with van der Waals surface area (Å²) in [7, 11) is 2.09. The topological polar surface area (TPSA) is 110 Å². The molecule has 8 nitrogen and oxygen atoms in total. The number of nitro groups is 1. The Kier molecular flexibility index (Phi) is 5.76. The van der Waals surface area contributed by atoms with Crippen LogP contribution in [0, 0.1) is 16.0 Å². The molecule has 3 aromatic rings. The van der Waals surface area contributed by atoms with Crippen molar-refractivity contribution in [2.24, 2.45) is 5.92 Å². The average molecular weight is 406 g/mol. The van der Waals surface area contributed by atoms with Crippen molar-refractivity contribution in [3.05, 3.63) is 63.8 Å². The van der Waals surface area contributed by atoms with Gasteiger partial charge in [-0.25, -0.2) is 4.98 Å². The van der Waals surface area contributed by atoms with Crippen LogP contribution in [0.15, 0.2) is 42.5 Å². The first-order chi connectivity index (χ1) is 14.5. The van der Waals surface area contributed by atoms with E-state index < -0.39 is 4.92 Å². The lowest BCUT2D eigenvalue weighted by molar-refractivity contribution is -0.385. The van der Waals surface area contributed by atoms with Gasteiger partial charge in [0, 0.05) is 6.54 Å². The molecule has 0 aliphatic carbocycles. The molecule has 1 aromatic heterocycles. The third-order valence-corrected chi connectivity index (χ3v) is 5.80. The number of aromatic nitrogens is 2. The molecule has 0 spiro atoms. The summed E-state index contributed by atoms with van der Waals surface area (Å²) in [6, 6.07) is 14.3. The number of nitrogens with two attached hydrogens (primary N) is 1. The van der Waals surface area contributed by atoms with Crippen LogP contribution in [0.2, 0.25) is 0 Å². The number of anilines is 2. The molecule has 0 bridgehead atoms. The number of piperidine rings is 1. The number of benzene rings is 2. The van der Waals surface area contributed by atoms with Crippen molar-refractivity contribution in [1.82, 2.24) is 14.9 Å². The van der Waals surface area contributed by atoms with Crippen molar-refractivity contribution in [3.8, 4) is 0 Å². The van der Waals surface area contributed by atoms with Crippen LogP contribution in [0.4, 0.5) is 17.5 Å².